The molecule has 134 valence electrons. The highest BCUT2D eigenvalue weighted by molar-refractivity contribution is 5.94. The van der Waals surface area contributed by atoms with E-state index in [2.05, 4.69) is 10.6 Å². The molecule has 2 amide bonds. The molecule has 5 nitrogen and oxygen atoms in total. The average Bonchev–Trinajstić information content (AvgIpc) is 3.57. The molecule has 3 aliphatic rings. The van der Waals surface area contributed by atoms with Gasteiger partial charge in [0.2, 0.25) is 5.91 Å². The number of benzene rings is 1. The van der Waals surface area contributed by atoms with E-state index in [1.54, 1.807) is 0 Å². The minimum absolute atomic E-state index is 0.0704. The first-order valence-electron chi connectivity index (χ1n) is 9.63. The van der Waals surface area contributed by atoms with Crippen molar-refractivity contribution in [1.82, 2.24) is 10.2 Å². The summed E-state index contributed by atoms with van der Waals surface area (Å²) in [4.78, 5) is 26.4. The summed E-state index contributed by atoms with van der Waals surface area (Å²) in [6, 6.07) is 7.86. The summed E-state index contributed by atoms with van der Waals surface area (Å²) in [5.41, 5.74) is 1.60. The van der Waals surface area contributed by atoms with Crippen LogP contribution in [0.2, 0.25) is 0 Å². The van der Waals surface area contributed by atoms with Crippen LogP contribution in [-0.4, -0.2) is 42.4 Å². The van der Waals surface area contributed by atoms with E-state index in [-0.39, 0.29) is 18.4 Å². The highest BCUT2D eigenvalue weighted by Gasteiger charge is 2.42. The normalized spacial score (nSPS) is 20.0. The quantitative estimate of drug-likeness (QED) is 0.801. The Balaban J connectivity index is 1.26. The van der Waals surface area contributed by atoms with Crippen molar-refractivity contribution in [3.63, 3.8) is 0 Å². The molecule has 2 N–H and O–H groups in total. The van der Waals surface area contributed by atoms with Crippen LogP contribution >= 0.6 is 0 Å². The molecule has 1 heterocycles. The first-order valence-corrected chi connectivity index (χ1v) is 9.63. The van der Waals surface area contributed by atoms with Crippen molar-refractivity contribution in [3.05, 3.63) is 29.8 Å². The molecule has 25 heavy (non-hydrogen) atoms. The van der Waals surface area contributed by atoms with Crippen molar-refractivity contribution in [1.29, 1.82) is 0 Å². The van der Waals surface area contributed by atoms with Crippen LogP contribution in [0.15, 0.2) is 24.3 Å². The highest BCUT2D eigenvalue weighted by Crippen LogP contribution is 2.44. The van der Waals surface area contributed by atoms with Crippen LogP contribution in [0, 0.1) is 11.8 Å². The fourth-order valence-electron chi connectivity index (χ4n) is 3.78. The van der Waals surface area contributed by atoms with Gasteiger partial charge in [-0.1, -0.05) is 0 Å². The Labute approximate surface area is 149 Å². The molecule has 1 saturated heterocycles. The molecule has 1 aromatic carbocycles. The minimum Gasteiger partial charge on any atom is -0.376 e. The molecule has 1 aromatic rings. The molecule has 2 aliphatic carbocycles. The van der Waals surface area contributed by atoms with E-state index in [1.165, 1.54) is 25.7 Å². The second-order valence-electron chi connectivity index (χ2n) is 7.70. The third-order valence-electron chi connectivity index (χ3n) is 5.57. The predicted molar refractivity (Wildman–Crippen MR) is 97.4 cm³/mol. The molecular weight excluding hydrogens is 314 g/mol. The molecule has 0 bridgehead atoms. The first-order chi connectivity index (χ1) is 12.2. The molecule has 0 atom stereocenters. The van der Waals surface area contributed by atoms with Gasteiger partial charge in [0.05, 0.1) is 6.54 Å². The molecule has 1 aliphatic heterocycles. The molecule has 0 spiro atoms. The molecule has 0 aromatic heterocycles. The van der Waals surface area contributed by atoms with Crippen molar-refractivity contribution in [2.24, 2.45) is 11.8 Å². The lowest BCUT2D eigenvalue weighted by molar-refractivity contribution is -0.120. The predicted octanol–water partition coefficient (Wildman–Crippen LogP) is 2.64. The molecule has 3 fully saturated rings. The minimum atomic E-state index is 0.0704. The Kier molecular flexibility index (Phi) is 4.64. The van der Waals surface area contributed by atoms with Crippen LogP contribution in [-0.2, 0) is 4.79 Å². The fraction of sp³-hybridized carbons (Fsp3) is 0.600. The Morgan fingerprint density at radius 1 is 1.00 bits per heavy atom. The van der Waals surface area contributed by atoms with Gasteiger partial charge in [0.1, 0.15) is 0 Å². The Bertz CT molecular complexity index is 617. The number of anilines is 1. The second-order valence-corrected chi connectivity index (χ2v) is 7.70. The Morgan fingerprint density at radius 2 is 1.60 bits per heavy atom. The van der Waals surface area contributed by atoms with Crippen LogP contribution in [0.5, 0.6) is 0 Å². The number of nitrogens with one attached hydrogen (secondary N) is 2. The van der Waals surface area contributed by atoms with E-state index < -0.39 is 0 Å². The summed E-state index contributed by atoms with van der Waals surface area (Å²) in [6.07, 6.45) is 7.26. The van der Waals surface area contributed by atoms with E-state index in [4.69, 9.17) is 0 Å². The summed E-state index contributed by atoms with van der Waals surface area (Å²) >= 11 is 0. The largest absolute Gasteiger partial charge is 0.376 e. The fourth-order valence-corrected chi connectivity index (χ4v) is 3.78. The summed E-state index contributed by atoms with van der Waals surface area (Å²) in [5.74, 6) is 1.61. The maximum atomic E-state index is 12.3. The molecule has 2 saturated carbocycles. The van der Waals surface area contributed by atoms with E-state index >= 15 is 0 Å². The summed E-state index contributed by atoms with van der Waals surface area (Å²) in [7, 11) is 0. The first kappa shape index (κ1) is 16.4. The van der Waals surface area contributed by atoms with Gasteiger partial charge >= 0.3 is 0 Å². The third kappa shape index (κ3) is 4.14. The zero-order valence-corrected chi connectivity index (χ0v) is 14.7. The smallest absolute Gasteiger partial charge is 0.253 e. The van der Waals surface area contributed by atoms with Gasteiger partial charge in [0.15, 0.2) is 0 Å². The van der Waals surface area contributed by atoms with Crippen LogP contribution in [0.4, 0.5) is 5.69 Å². The number of likely N-dealkylation sites (tertiary alicyclic amines) is 1. The monoisotopic (exact) mass is 341 g/mol. The highest BCUT2D eigenvalue weighted by atomic mass is 16.2. The van der Waals surface area contributed by atoms with Gasteiger partial charge in [0.25, 0.3) is 5.91 Å². The third-order valence-corrected chi connectivity index (χ3v) is 5.57. The molecule has 5 heteroatoms. The van der Waals surface area contributed by atoms with Gasteiger partial charge in [0, 0.05) is 30.4 Å². The zero-order chi connectivity index (χ0) is 17.2. The lowest BCUT2D eigenvalue weighted by Crippen LogP contribution is -2.41. The van der Waals surface area contributed by atoms with Crippen molar-refractivity contribution >= 4 is 17.5 Å². The number of rotatable bonds is 7. The second kappa shape index (κ2) is 7.06. The SMILES string of the molecule is O=C(CNc1ccc(C(=O)N2CCCC2)cc1)NC(C1CC1)C1CC1. The summed E-state index contributed by atoms with van der Waals surface area (Å²) in [6.45, 7) is 2.01. The van der Waals surface area contributed by atoms with Gasteiger partial charge < -0.3 is 15.5 Å². The Morgan fingerprint density at radius 3 is 2.16 bits per heavy atom. The number of hydrogen-bond acceptors (Lipinski definition) is 3. The van der Waals surface area contributed by atoms with Crippen molar-refractivity contribution in [2.75, 3.05) is 25.0 Å². The van der Waals surface area contributed by atoms with E-state index in [1.807, 2.05) is 29.2 Å². The van der Waals surface area contributed by atoms with Gasteiger partial charge in [-0.05, 0) is 74.6 Å². The zero-order valence-electron chi connectivity index (χ0n) is 14.7. The molecule has 0 radical (unpaired) electrons. The lowest BCUT2D eigenvalue weighted by atomic mass is 10.1. The lowest BCUT2D eigenvalue weighted by Gasteiger charge is -2.18. The van der Waals surface area contributed by atoms with Crippen LogP contribution in [0.3, 0.4) is 0 Å². The maximum Gasteiger partial charge on any atom is 0.253 e. The number of amides is 2. The molecular formula is C20H27N3O2. The molecule has 4 rings (SSSR count). The number of carbonyl (C=O) groups is 2. The topological polar surface area (TPSA) is 61.4 Å². The summed E-state index contributed by atoms with van der Waals surface area (Å²) < 4.78 is 0. The number of carbonyl (C=O) groups excluding carboxylic acids is 2. The summed E-state index contributed by atoms with van der Waals surface area (Å²) in [5, 5.41) is 6.38. The van der Waals surface area contributed by atoms with Gasteiger partial charge in [-0.2, -0.15) is 0 Å². The van der Waals surface area contributed by atoms with E-state index in [0.29, 0.717) is 17.9 Å². The molecule has 0 unspecified atom stereocenters. The Hall–Kier alpha value is -2.04. The van der Waals surface area contributed by atoms with E-state index in [0.717, 1.165) is 37.2 Å². The van der Waals surface area contributed by atoms with Crippen LogP contribution in [0.1, 0.15) is 48.9 Å². The number of nitrogens with zero attached hydrogens (tertiary/aromatic N) is 1. The standard InChI is InChI=1S/C20H27N3O2/c24-18(22-19(14-3-4-14)15-5-6-15)13-21-17-9-7-16(8-10-17)20(25)23-11-1-2-12-23/h7-10,14-15,19,21H,1-6,11-13H2,(H,22,24). The van der Waals surface area contributed by atoms with Crippen molar-refractivity contribution < 1.29 is 9.59 Å². The van der Waals surface area contributed by atoms with Crippen LogP contribution in [0.25, 0.3) is 0 Å². The van der Waals surface area contributed by atoms with Gasteiger partial charge in [-0.15, -0.1) is 0 Å². The van der Waals surface area contributed by atoms with Gasteiger partial charge in [-0.25, -0.2) is 0 Å². The van der Waals surface area contributed by atoms with Gasteiger partial charge in [-0.3, -0.25) is 9.59 Å². The maximum absolute atomic E-state index is 12.3. The van der Waals surface area contributed by atoms with Crippen molar-refractivity contribution in [3.8, 4) is 0 Å². The average molecular weight is 341 g/mol. The number of hydrogen-bond donors (Lipinski definition) is 2. The van der Waals surface area contributed by atoms with E-state index in [9.17, 15) is 9.59 Å². The van der Waals surface area contributed by atoms with Crippen LogP contribution < -0.4 is 10.6 Å². The van der Waals surface area contributed by atoms with Crippen molar-refractivity contribution in [2.45, 2.75) is 44.6 Å².